The van der Waals surface area contributed by atoms with Gasteiger partial charge in [-0.05, 0) is 35.7 Å². The number of benzene rings is 3. The highest BCUT2D eigenvalue weighted by molar-refractivity contribution is 8.00. The molecule has 5 nitrogen and oxygen atoms in total. The summed E-state index contributed by atoms with van der Waals surface area (Å²) in [5.74, 6) is 0.0859. The molecule has 0 saturated carbocycles. The number of halogens is 1. The van der Waals surface area contributed by atoms with E-state index in [9.17, 15) is 9.59 Å². The Bertz CT molecular complexity index is 1370. The Kier molecular flexibility index (Phi) is 6.84. The van der Waals surface area contributed by atoms with Crippen molar-refractivity contribution in [2.24, 2.45) is 7.05 Å². The third-order valence-corrected chi connectivity index (χ3v) is 7.85. The van der Waals surface area contributed by atoms with Gasteiger partial charge in [0, 0.05) is 41.6 Å². The average molecular weight is 504 g/mol. The molecule has 2 amide bonds. The fourth-order valence-corrected chi connectivity index (χ4v) is 5.88. The Morgan fingerprint density at radius 2 is 1.71 bits per heavy atom. The molecule has 3 aromatic carbocycles. The average Bonchev–Trinajstić information content (AvgIpc) is 3.06. The zero-order valence-electron chi connectivity index (χ0n) is 19.4. The van der Waals surface area contributed by atoms with Crippen LogP contribution in [0.3, 0.4) is 0 Å². The van der Waals surface area contributed by atoms with Gasteiger partial charge in [0.1, 0.15) is 6.04 Å². The van der Waals surface area contributed by atoms with Crippen LogP contribution in [0.5, 0.6) is 0 Å². The molecule has 1 atom stereocenters. The Balaban J connectivity index is 1.53. The van der Waals surface area contributed by atoms with Gasteiger partial charge in [-0.2, -0.15) is 0 Å². The normalized spacial score (nSPS) is 15.7. The number of fused-ring (bicyclic) bond motifs is 3. The summed E-state index contributed by atoms with van der Waals surface area (Å²) in [5, 5.41) is 5.74. The molecule has 1 aliphatic rings. The summed E-state index contributed by atoms with van der Waals surface area (Å²) >= 11 is 7.55. The number of nitrogens with zero attached hydrogens (tertiary/aromatic N) is 2. The van der Waals surface area contributed by atoms with Crippen LogP contribution in [-0.4, -0.2) is 33.6 Å². The van der Waals surface area contributed by atoms with Gasteiger partial charge in [0.05, 0.1) is 10.8 Å². The van der Waals surface area contributed by atoms with Gasteiger partial charge in [-0.15, -0.1) is 0 Å². The van der Waals surface area contributed by atoms with Crippen molar-refractivity contribution in [1.82, 2.24) is 14.8 Å². The second-order valence-electron chi connectivity index (χ2n) is 8.65. The molecule has 0 fully saturated rings. The number of rotatable bonds is 6. The van der Waals surface area contributed by atoms with Crippen molar-refractivity contribution in [3.8, 4) is 0 Å². The first-order chi connectivity index (χ1) is 17.0. The van der Waals surface area contributed by atoms with Crippen LogP contribution in [0.4, 0.5) is 0 Å². The van der Waals surface area contributed by atoms with Gasteiger partial charge in [-0.1, -0.05) is 84.0 Å². The molecule has 35 heavy (non-hydrogen) atoms. The minimum absolute atomic E-state index is 0.0379. The lowest BCUT2D eigenvalue weighted by atomic mass is 10.0. The molecule has 7 heteroatoms. The van der Waals surface area contributed by atoms with Crippen LogP contribution in [-0.2, 0) is 29.6 Å². The van der Waals surface area contributed by atoms with E-state index in [1.807, 2.05) is 79.8 Å². The maximum atomic E-state index is 13.8. The van der Waals surface area contributed by atoms with Crippen molar-refractivity contribution in [3.05, 3.63) is 101 Å². The lowest BCUT2D eigenvalue weighted by Gasteiger charge is -2.30. The number of aryl methyl sites for hydroxylation is 1. The largest absolute Gasteiger partial charge is 0.350 e. The third kappa shape index (κ3) is 4.81. The third-order valence-electron chi connectivity index (χ3n) is 6.44. The number of nitrogens with one attached hydrogen (secondary N) is 1. The van der Waals surface area contributed by atoms with Crippen molar-refractivity contribution in [2.75, 3.05) is 12.3 Å². The van der Waals surface area contributed by atoms with E-state index >= 15 is 0 Å². The molecule has 1 N–H and O–H groups in total. The number of hydrogen-bond acceptors (Lipinski definition) is 3. The second kappa shape index (κ2) is 10.2. The maximum absolute atomic E-state index is 13.8. The molecule has 0 radical (unpaired) electrons. The van der Waals surface area contributed by atoms with Crippen LogP contribution in [0.1, 0.15) is 22.7 Å². The van der Waals surface area contributed by atoms with E-state index in [1.54, 1.807) is 4.90 Å². The zero-order valence-corrected chi connectivity index (χ0v) is 21.0. The van der Waals surface area contributed by atoms with E-state index in [0.717, 1.165) is 32.6 Å². The van der Waals surface area contributed by atoms with Crippen molar-refractivity contribution >= 4 is 46.1 Å². The van der Waals surface area contributed by atoms with E-state index in [0.29, 0.717) is 30.3 Å². The molecule has 1 aromatic heterocycles. The monoisotopic (exact) mass is 503 g/mol. The summed E-state index contributed by atoms with van der Waals surface area (Å²) in [4.78, 5) is 28.9. The van der Waals surface area contributed by atoms with E-state index in [2.05, 4.69) is 16.0 Å². The van der Waals surface area contributed by atoms with Crippen LogP contribution in [0.15, 0.2) is 83.9 Å². The van der Waals surface area contributed by atoms with Crippen LogP contribution in [0, 0.1) is 0 Å². The van der Waals surface area contributed by atoms with Gasteiger partial charge in [-0.3, -0.25) is 9.59 Å². The van der Waals surface area contributed by atoms with Crippen molar-refractivity contribution < 1.29 is 9.59 Å². The summed E-state index contributed by atoms with van der Waals surface area (Å²) in [6.07, 6.45) is 0.635. The predicted molar refractivity (Wildman–Crippen MR) is 142 cm³/mol. The first-order valence-corrected chi connectivity index (χ1v) is 12.9. The molecule has 0 bridgehead atoms. The van der Waals surface area contributed by atoms with Crippen molar-refractivity contribution in [1.29, 1.82) is 0 Å². The summed E-state index contributed by atoms with van der Waals surface area (Å²) < 4.78 is 2.10. The highest BCUT2D eigenvalue weighted by Crippen LogP contribution is 2.41. The molecule has 178 valence electrons. The first-order valence-electron chi connectivity index (χ1n) is 11.6. The fourth-order valence-electron chi connectivity index (χ4n) is 4.66. The molecule has 5 rings (SSSR count). The topological polar surface area (TPSA) is 54.3 Å². The quantitative estimate of drug-likeness (QED) is 0.385. The molecular weight excluding hydrogens is 478 g/mol. The summed E-state index contributed by atoms with van der Waals surface area (Å²) in [5.41, 5.74) is 4.04. The summed E-state index contributed by atoms with van der Waals surface area (Å²) in [6.45, 7) is 0.843. The summed E-state index contributed by atoms with van der Waals surface area (Å²) in [6, 6.07) is 24.8. The lowest BCUT2D eigenvalue weighted by Crippen LogP contribution is -2.44. The molecule has 4 aromatic rings. The molecular formula is C28H26ClN3O2S. The number of amides is 2. The molecule has 0 unspecified atom stereocenters. The fraction of sp³-hybridized carbons (Fsp3) is 0.214. The molecule has 0 aliphatic carbocycles. The van der Waals surface area contributed by atoms with Gasteiger partial charge < -0.3 is 14.8 Å². The Hall–Kier alpha value is -3.22. The highest BCUT2D eigenvalue weighted by atomic mass is 35.5. The minimum atomic E-state index is -0.713. The predicted octanol–water partition coefficient (Wildman–Crippen LogP) is 5.37. The molecule has 2 heterocycles. The van der Waals surface area contributed by atoms with Crippen molar-refractivity contribution in [3.63, 3.8) is 0 Å². The van der Waals surface area contributed by atoms with Gasteiger partial charge in [-0.25, -0.2) is 0 Å². The van der Waals surface area contributed by atoms with E-state index < -0.39 is 6.04 Å². The van der Waals surface area contributed by atoms with E-state index in [-0.39, 0.29) is 11.8 Å². The van der Waals surface area contributed by atoms with Crippen LogP contribution in [0.2, 0.25) is 5.02 Å². The molecule has 0 spiro atoms. The van der Waals surface area contributed by atoms with Gasteiger partial charge in [0.15, 0.2) is 0 Å². The molecule has 1 aliphatic heterocycles. The Morgan fingerprint density at radius 1 is 1.00 bits per heavy atom. The molecule has 0 saturated heterocycles. The number of thioether (sulfide) groups is 1. The van der Waals surface area contributed by atoms with Crippen LogP contribution < -0.4 is 5.32 Å². The lowest BCUT2D eigenvalue weighted by molar-refractivity contribution is -0.138. The number of aromatic nitrogens is 1. The van der Waals surface area contributed by atoms with Gasteiger partial charge >= 0.3 is 0 Å². The smallest absolute Gasteiger partial charge is 0.247 e. The maximum Gasteiger partial charge on any atom is 0.247 e. The highest BCUT2D eigenvalue weighted by Gasteiger charge is 2.38. The standard InChI is InChI=1S/C28H26ClN3O2S/c1-31-23-10-6-5-9-22(23)25-26(27(34)30-17-20-7-3-2-4-8-20)32(24(33)18-35-28(25)31)16-15-19-11-13-21(29)14-12-19/h2-14,26H,15-18H2,1H3,(H,30,34)/t26-/m0/s1. The van der Waals surface area contributed by atoms with E-state index in [1.165, 1.54) is 11.8 Å². The zero-order chi connectivity index (χ0) is 24.4. The minimum Gasteiger partial charge on any atom is -0.350 e. The van der Waals surface area contributed by atoms with Crippen molar-refractivity contribution in [2.45, 2.75) is 24.0 Å². The first kappa shape index (κ1) is 23.5. The number of carbonyl (C=O) groups is 2. The van der Waals surface area contributed by atoms with Crippen LogP contribution in [0.25, 0.3) is 10.9 Å². The Morgan fingerprint density at radius 3 is 2.49 bits per heavy atom. The number of hydrogen-bond donors (Lipinski definition) is 1. The van der Waals surface area contributed by atoms with Crippen LogP contribution >= 0.6 is 23.4 Å². The second-order valence-corrected chi connectivity index (χ2v) is 10.1. The SMILES string of the molecule is Cn1c2c(c3ccccc31)[C@@H](C(=O)NCc1ccccc1)N(CCc1ccc(Cl)cc1)C(=O)CS2. The van der Waals surface area contributed by atoms with Gasteiger partial charge in [0.2, 0.25) is 11.8 Å². The number of carbonyl (C=O) groups excluding carboxylic acids is 2. The Labute approximate surface area is 214 Å². The summed E-state index contributed by atoms with van der Waals surface area (Å²) in [7, 11) is 2.00. The number of para-hydroxylation sites is 1. The van der Waals surface area contributed by atoms with Gasteiger partial charge in [0.25, 0.3) is 0 Å². The van der Waals surface area contributed by atoms with E-state index in [4.69, 9.17) is 11.6 Å².